The summed E-state index contributed by atoms with van der Waals surface area (Å²) in [5.74, 6) is 0.551. The number of hydrogen-bond donors (Lipinski definition) is 4. The van der Waals surface area contributed by atoms with Gasteiger partial charge < -0.3 is 21.7 Å². The molecule has 8 nitrogen and oxygen atoms in total. The highest BCUT2D eigenvalue weighted by molar-refractivity contribution is 6.04. The third kappa shape index (κ3) is 5.81. The van der Waals surface area contributed by atoms with Crippen molar-refractivity contribution in [3.63, 3.8) is 0 Å². The first-order chi connectivity index (χ1) is 17.2. The van der Waals surface area contributed by atoms with Gasteiger partial charge in [0.05, 0.1) is 11.3 Å². The van der Waals surface area contributed by atoms with Crippen molar-refractivity contribution in [2.45, 2.75) is 13.1 Å². The van der Waals surface area contributed by atoms with Crippen molar-refractivity contribution >= 4 is 29.0 Å². The molecule has 0 radical (unpaired) electrons. The number of aromatic nitrogens is 3. The van der Waals surface area contributed by atoms with Crippen molar-refractivity contribution in [2.24, 2.45) is 5.73 Å². The van der Waals surface area contributed by atoms with Crippen LogP contribution in [0.5, 0.6) is 0 Å². The average molecular weight is 496 g/mol. The molecule has 1 amide bonds. The number of imidazole rings is 1. The van der Waals surface area contributed by atoms with Gasteiger partial charge in [0.15, 0.2) is 0 Å². The Morgan fingerprint density at radius 3 is 2.67 bits per heavy atom. The number of alkyl halides is 3. The van der Waals surface area contributed by atoms with Crippen LogP contribution in [0.4, 0.5) is 36.3 Å². The topological polar surface area (TPSA) is 110 Å². The van der Waals surface area contributed by atoms with Gasteiger partial charge in [0.25, 0.3) is 5.91 Å². The van der Waals surface area contributed by atoms with E-state index in [1.807, 2.05) is 23.6 Å². The molecule has 36 heavy (non-hydrogen) atoms. The van der Waals surface area contributed by atoms with E-state index in [1.54, 1.807) is 36.8 Å². The van der Waals surface area contributed by atoms with E-state index in [2.05, 4.69) is 25.9 Å². The zero-order valence-electron chi connectivity index (χ0n) is 19.3. The summed E-state index contributed by atoms with van der Waals surface area (Å²) in [6, 6.07) is 13.1. The van der Waals surface area contributed by atoms with Gasteiger partial charge in [0, 0.05) is 54.7 Å². The second-order valence-corrected chi connectivity index (χ2v) is 7.92. The lowest BCUT2D eigenvalue weighted by atomic mass is 10.1. The van der Waals surface area contributed by atoms with Gasteiger partial charge in [0.1, 0.15) is 5.82 Å². The number of pyridine rings is 1. The van der Waals surface area contributed by atoms with Gasteiger partial charge in [-0.15, -0.1) is 0 Å². The summed E-state index contributed by atoms with van der Waals surface area (Å²) < 4.78 is 40.9. The van der Waals surface area contributed by atoms with Crippen molar-refractivity contribution in [3.05, 3.63) is 89.9 Å². The van der Waals surface area contributed by atoms with Gasteiger partial charge in [-0.3, -0.25) is 9.36 Å². The number of nitrogens with zero attached hydrogens (tertiary/aromatic N) is 3. The van der Waals surface area contributed by atoms with Crippen molar-refractivity contribution in [1.82, 2.24) is 14.5 Å². The predicted molar refractivity (Wildman–Crippen MR) is 133 cm³/mol. The molecule has 0 fully saturated rings. The minimum Gasteiger partial charge on any atom is -0.369 e. The molecular formula is C25H24F3N7O. The maximum absolute atomic E-state index is 13.0. The van der Waals surface area contributed by atoms with Gasteiger partial charge in [-0.05, 0) is 48.9 Å². The molecule has 5 N–H and O–H groups in total. The number of benzene rings is 2. The third-order valence-corrected chi connectivity index (χ3v) is 5.31. The van der Waals surface area contributed by atoms with Gasteiger partial charge in [0.2, 0.25) is 5.95 Å². The van der Waals surface area contributed by atoms with E-state index in [0.717, 1.165) is 23.4 Å². The summed E-state index contributed by atoms with van der Waals surface area (Å²) in [5, 5.41) is 9.05. The molecule has 0 aliphatic rings. The van der Waals surface area contributed by atoms with E-state index in [1.165, 1.54) is 12.1 Å². The Morgan fingerprint density at radius 1 is 1.06 bits per heavy atom. The molecule has 0 aliphatic heterocycles. The van der Waals surface area contributed by atoms with E-state index in [-0.39, 0.29) is 5.56 Å². The first kappa shape index (κ1) is 24.7. The number of carbonyl (C=O) groups is 1. The summed E-state index contributed by atoms with van der Waals surface area (Å²) >= 11 is 0. The predicted octanol–water partition coefficient (Wildman–Crippen LogP) is 4.96. The number of halogens is 3. The molecule has 4 rings (SSSR count). The highest BCUT2D eigenvalue weighted by atomic mass is 19.4. The summed E-state index contributed by atoms with van der Waals surface area (Å²) in [4.78, 5) is 21.3. The molecule has 0 saturated carbocycles. The number of carbonyl (C=O) groups excluding carboxylic acids is 1. The molecule has 2 aromatic carbocycles. The van der Waals surface area contributed by atoms with E-state index >= 15 is 0 Å². The molecule has 186 valence electrons. The van der Waals surface area contributed by atoms with Crippen LogP contribution in [0.3, 0.4) is 0 Å². The number of aryl methyl sites for hydroxylation is 1. The standard InChI is InChI=1S/C25H24F3N7O/c1-16-5-6-19(33-23(36)17-3-2-4-18(13-17)25(26,27)28)14-21(16)34-24-32-11-12-35(24)20-7-9-30-22(15-20)31-10-8-29/h2-7,9,11-15H,8,10,29H2,1H3,(H,30,31)(H,32,34)(H,33,36). The highest BCUT2D eigenvalue weighted by Crippen LogP contribution is 2.30. The van der Waals surface area contributed by atoms with Crippen LogP contribution in [-0.2, 0) is 6.18 Å². The van der Waals surface area contributed by atoms with Gasteiger partial charge in [-0.25, -0.2) is 9.97 Å². The molecular weight excluding hydrogens is 471 g/mol. The Balaban J connectivity index is 1.54. The maximum Gasteiger partial charge on any atom is 0.416 e. The third-order valence-electron chi connectivity index (χ3n) is 5.31. The van der Waals surface area contributed by atoms with E-state index in [9.17, 15) is 18.0 Å². The Morgan fingerprint density at radius 2 is 1.89 bits per heavy atom. The lowest BCUT2D eigenvalue weighted by Gasteiger charge is -2.14. The van der Waals surface area contributed by atoms with Crippen LogP contribution in [0.15, 0.2) is 73.2 Å². The van der Waals surface area contributed by atoms with E-state index in [0.29, 0.717) is 36.2 Å². The van der Waals surface area contributed by atoms with Gasteiger partial charge >= 0.3 is 6.18 Å². The molecule has 0 aliphatic carbocycles. The largest absolute Gasteiger partial charge is 0.416 e. The summed E-state index contributed by atoms with van der Waals surface area (Å²) in [6.07, 6.45) is 0.575. The molecule has 0 spiro atoms. The van der Waals surface area contributed by atoms with Crippen LogP contribution < -0.4 is 21.7 Å². The van der Waals surface area contributed by atoms with Crippen LogP contribution in [0.2, 0.25) is 0 Å². The van der Waals surface area contributed by atoms with Crippen molar-refractivity contribution in [2.75, 3.05) is 29.0 Å². The first-order valence-electron chi connectivity index (χ1n) is 11.0. The monoisotopic (exact) mass is 495 g/mol. The van der Waals surface area contributed by atoms with E-state index < -0.39 is 17.6 Å². The molecule has 0 unspecified atom stereocenters. The first-order valence-corrected chi connectivity index (χ1v) is 11.0. The Labute approximate surface area is 205 Å². The number of nitrogens with one attached hydrogen (secondary N) is 3. The number of rotatable bonds is 8. The number of nitrogens with two attached hydrogens (primary N) is 1. The molecule has 4 aromatic rings. The smallest absolute Gasteiger partial charge is 0.369 e. The van der Waals surface area contributed by atoms with Crippen molar-refractivity contribution < 1.29 is 18.0 Å². The van der Waals surface area contributed by atoms with Crippen molar-refractivity contribution in [3.8, 4) is 5.69 Å². The minimum atomic E-state index is -4.53. The van der Waals surface area contributed by atoms with Crippen LogP contribution >= 0.6 is 0 Å². The molecule has 0 atom stereocenters. The molecule has 2 aromatic heterocycles. The zero-order valence-corrected chi connectivity index (χ0v) is 19.3. The second kappa shape index (κ2) is 10.5. The fourth-order valence-corrected chi connectivity index (χ4v) is 3.47. The van der Waals surface area contributed by atoms with Crippen LogP contribution in [0.1, 0.15) is 21.5 Å². The fraction of sp³-hybridized carbons (Fsp3) is 0.160. The SMILES string of the molecule is Cc1ccc(NC(=O)c2cccc(C(F)(F)F)c2)cc1Nc1nccn1-c1ccnc(NCCN)c1. The summed E-state index contributed by atoms with van der Waals surface area (Å²) in [6.45, 7) is 2.95. The highest BCUT2D eigenvalue weighted by Gasteiger charge is 2.30. The maximum atomic E-state index is 13.0. The Bertz CT molecular complexity index is 1370. The molecule has 0 bridgehead atoms. The van der Waals surface area contributed by atoms with Gasteiger partial charge in [-0.1, -0.05) is 12.1 Å². The molecule has 11 heteroatoms. The van der Waals surface area contributed by atoms with Crippen LogP contribution in [-0.4, -0.2) is 33.5 Å². The number of anilines is 4. The lowest BCUT2D eigenvalue weighted by Crippen LogP contribution is -2.14. The normalized spacial score (nSPS) is 11.2. The lowest BCUT2D eigenvalue weighted by molar-refractivity contribution is -0.137. The second-order valence-electron chi connectivity index (χ2n) is 7.92. The molecule has 2 heterocycles. The number of amides is 1. The fourth-order valence-electron chi connectivity index (χ4n) is 3.47. The van der Waals surface area contributed by atoms with Crippen molar-refractivity contribution in [1.29, 1.82) is 0 Å². The Kier molecular flexibility index (Phi) is 7.20. The quantitative estimate of drug-likeness (QED) is 0.275. The number of hydrogen-bond acceptors (Lipinski definition) is 6. The average Bonchev–Trinajstić information content (AvgIpc) is 3.32. The van der Waals surface area contributed by atoms with E-state index in [4.69, 9.17) is 5.73 Å². The summed E-state index contributed by atoms with van der Waals surface area (Å²) in [5.41, 5.74) is 7.35. The van der Waals surface area contributed by atoms with Crippen LogP contribution in [0.25, 0.3) is 5.69 Å². The molecule has 0 saturated heterocycles. The van der Waals surface area contributed by atoms with Crippen LogP contribution in [0, 0.1) is 6.92 Å². The zero-order chi connectivity index (χ0) is 25.7. The summed E-state index contributed by atoms with van der Waals surface area (Å²) in [7, 11) is 0. The minimum absolute atomic E-state index is 0.0906. The van der Waals surface area contributed by atoms with Gasteiger partial charge in [-0.2, -0.15) is 13.2 Å². The Hall–Kier alpha value is -4.38.